The minimum absolute atomic E-state index is 0.0273. The van der Waals surface area contributed by atoms with Gasteiger partial charge in [-0.05, 0) is 17.7 Å². The SMILES string of the molecule is O=C(O)c1ccc([N+](=O)[O-])c(-c2ccccc2)c1. The number of carboxylic acid groups (broad SMARTS) is 1. The number of hydrogen-bond donors (Lipinski definition) is 1. The summed E-state index contributed by atoms with van der Waals surface area (Å²) in [6.07, 6.45) is 0. The number of hydrogen-bond acceptors (Lipinski definition) is 3. The van der Waals surface area contributed by atoms with Crippen LogP contribution >= 0.6 is 0 Å². The first-order valence-electron chi connectivity index (χ1n) is 5.17. The predicted molar refractivity (Wildman–Crippen MR) is 65.5 cm³/mol. The van der Waals surface area contributed by atoms with Crippen molar-refractivity contribution in [2.75, 3.05) is 0 Å². The maximum Gasteiger partial charge on any atom is 0.335 e. The molecule has 0 radical (unpaired) electrons. The molecular formula is C13H9NO4. The van der Waals surface area contributed by atoms with E-state index in [1.165, 1.54) is 18.2 Å². The number of nitrogens with zero attached hydrogens (tertiary/aromatic N) is 1. The smallest absolute Gasteiger partial charge is 0.335 e. The second kappa shape index (κ2) is 4.67. The van der Waals surface area contributed by atoms with Crippen LogP contribution in [0.4, 0.5) is 5.69 Å². The molecule has 1 N–H and O–H groups in total. The Morgan fingerprint density at radius 3 is 2.33 bits per heavy atom. The lowest BCUT2D eigenvalue weighted by Crippen LogP contribution is -1.99. The third kappa shape index (κ3) is 2.20. The van der Waals surface area contributed by atoms with E-state index in [2.05, 4.69) is 0 Å². The number of nitro benzene ring substituents is 1. The zero-order chi connectivity index (χ0) is 13.1. The summed E-state index contributed by atoms with van der Waals surface area (Å²) in [5.41, 5.74) is 0.846. The monoisotopic (exact) mass is 243 g/mol. The summed E-state index contributed by atoms with van der Waals surface area (Å²) in [5, 5.41) is 19.9. The van der Waals surface area contributed by atoms with E-state index in [-0.39, 0.29) is 11.3 Å². The lowest BCUT2D eigenvalue weighted by Gasteiger charge is -2.04. The van der Waals surface area contributed by atoms with Crippen LogP contribution in [0.1, 0.15) is 10.4 Å². The molecule has 0 atom stereocenters. The molecule has 0 aromatic heterocycles. The molecule has 90 valence electrons. The molecule has 0 bridgehead atoms. The van der Waals surface area contributed by atoms with Crippen LogP contribution in [0.5, 0.6) is 0 Å². The number of benzene rings is 2. The summed E-state index contributed by atoms with van der Waals surface area (Å²) in [5.74, 6) is -1.11. The van der Waals surface area contributed by atoms with E-state index in [4.69, 9.17) is 5.11 Å². The van der Waals surface area contributed by atoms with Crippen molar-refractivity contribution in [3.05, 3.63) is 64.2 Å². The maximum absolute atomic E-state index is 10.9. The first kappa shape index (κ1) is 11.8. The lowest BCUT2D eigenvalue weighted by molar-refractivity contribution is -0.384. The van der Waals surface area contributed by atoms with Gasteiger partial charge in [-0.3, -0.25) is 10.1 Å². The Bertz CT molecular complexity index is 608. The summed E-state index contributed by atoms with van der Waals surface area (Å²) in [4.78, 5) is 21.3. The van der Waals surface area contributed by atoms with Gasteiger partial charge >= 0.3 is 5.97 Å². The highest BCUT2D eigenvalue weighted by Gasteiger charge is 2.17. The van der Waals surface area contributed by atoms with E-state index < -0.39 is 10.9 Å². The van der Waals surface area contributed by atoms with Gasteiger partial charge in [0.1, 0.15) is 0 Å². The molecule has 5 nitrogen and oxygen atoms in total. The lowest BCUT2D eigenvalue weighted by atomic mass is 10.0. The first-order chi connectivity index (χ1) is 8.59. The molecule has 0 aliphatic carbocycles. The van der Waals surface area contributed by atoms with Gasteiger partial charge < -0.3 is 5.11 Å². The number of rotatable bonds is 3. The second-order valence-corrected chi connectivity index (χ2v) is 3.66. The summed E-state index contributed by atoms with van der Waals surface area (Å²) in [6, 6.07) is 12.4. The van der Waals surface area contributed by atoms with Crippen LogP contribution in [0, 0.1) is 10.1 Å². The highest BCUT2D eigenvalue weighted by atomic mass is 16.6. The Hall–Kier alpha value is -2.69. The van der Waals surface area contributed by atoms with Gasteiger partial charge in [0.05, 0.1) is 16.1 Å². The van der Waals surface area contributed by atoms with Crippen LogP contribution in [0.15, 0.2) is 48.5 Å². The quantitative estimate of drug-likeness (QED) is 0.663. The number of nitro groups is 1. The van der Waals surface area contributed by atoms with E-state index in [0.29, 0.717) is 11.1 Å². The highest BCUT2D eigenvalue weighted by molar-refractivity contribution is 5.91. The zero-order valence-electron chi connectivity index (χ0n) is 9.24. The molecule has 0 fully saturated rings. The number of aromatic carboxylic acids is 1. The van der Waals surface area contributed by atoms with Gasteiger partial charge in [0.15, 0.2) is 0 Å². The fourth-order valence-corrected chi connectivity index (χ4v) is 1.68. The van der Waals surface area contributed by atoms with Crippen molar-refractivity contribution in [2.24, 2.45) is 0 Å². The van der Waals surface area contributed by atoms with Crippen molar-refractivity contribution in [1.82, 2.24) is 0 Å². The van der Waals surface area contributed by atoms with Crippen LogP contribution in [-0.4, -0.2) is 16.0 Å². The highest BCUT2D eigenvalue weighted by Crippen LogP contribution is 2.30. The van der Waals surface area contributed by atoms with Crippen molar-refractivity contribution in [3.8, 4) is 11.1 Å². The van der Waals surface area contributed by atoms with Gasteiger partial charge in [0.25, 0.3) is 5.69 Å². The van der Waals surface area contributed by atoms with E-state index in [0.717, 1.165) is 0 Å². The Balaban J connectivity index is 2.65. The minimum atomic E-state index is -1.11. The Morgan fingerprint density at radius 2 is 1.78 bits per heavy atom. The normalized spacial score (nSPS) is 10.0. The molecule has 0 saturated carbocycles. The molecule has 0 saturated heterocycles. The van der Waals surface area contributed by atoms with Crippen molar-refractivity contribution in [1.29, 1.82) is 0 Å². The molecule has 18 heavy (non-hydrogen) atoms. The van der Waals surface area contributed by atoms with Crippen LogP contribution in [0.3, 0.4) is 0 Å². The third-order valence-corrected chi connectivity index (χ3v) is 2.52. The predicted octanol–water partition coefficient (Wildman–Crippen LogP) is 2.96. The average Bonchev–Trinajstić information content (AvgIpc) is 2.39. The number of carbonyl (C=O) groups is 1. The Morgan fingerprint density at radius 1 is 1.11 bits per heavy atom. The zero-order valence-corrected chi connectivity index (χ0v) is 9.24. The molecule has 2 aromatic rings. The first-order valence-corrected chi connectivity index (χ1v) is 5.17. The van der Waals surface area contributed by atoms with E-state index in [1.54, 1.807) is 30.3 Å². The van der Waals surface area contributed by atoms with Crippen molar-refractivity contribution in [2.45, 2.75) is 0 Å². The van der Waals surface area contributed by atoms with Gasteiger partial charge in [0.2, 0.25) is 0 Å². The van der Waals surface area contributed by atoms with Crippen LogP contribution in [0.2, 0.25) is 0 Å². The molecule has 0 heterocycles. The van der Waals surface area contributed by atoms with Gasteiger partial charge in [-0.15, -0.1) is 0 Å². The van der Waals surface area contributed by atoms with E-state index in [9.17, 15) is 14.9 Å². The maximum atomic E-state index is 10.9. The second-order valence-electron chi connectivity index (χ2n) is 3.66. The summed E-state index contributed by atoms with van der Waals surface area (Å²) in [7, 11) is 0. The van der Waals surface area contributed by atoms with Crippen molar-refractivity contribution < 1.29 is 14.8 Å². The third-order valence-electron chi connectivity index (χ3n) is 2.52. The molecule has 2 aromatic carbocycles. The van der Waals surface area contributed by atoms with Gasteiger partial charge in [-0.1, -0.05) is 30.3 Å². The van der Waals surface area contributed by atoms with Gasteiger partial charge in [-0.2, -0.15) is 0 Å². The molecule has 0 unspecified atom stereocenters. The fraction of sp³-hybridized carbons (Fsp3) is 0. The largest absolute Gasteiger partial charge is 0.478 e. The van der Waals surface area contributed by atoms with E-state index in [1.807, 2.05) is 0 Å². The molecule has 5 heteroatoms. The standard InChI is InChI=1S/C13H9NO4/c15-13(16)10-6-7-12(14(17)18)11(8-10)9-4-2-1-3-5-9/h1-8H,(H,15,16). The van der Waals surface area contributed by atoms with Crippen molar-refractivity contribution >= 4 is 11.7 Å². The molecule has 0 amide bonds. The molecular weight excluding hydrogens is 234 g/mol. The molecule has 0 spiro atoms. The summed E-state index contributed by atoms with van der Waals surface area (Å²) >= 11 is 0. The molecule has 0 aliphatic rings. The number of carboxylic acids is 1. The Labute approximate surface area is 102 Å². The summed E-state index contributed by atoms with van der Waals surface area (Å²) < 4.78 is 0. The van der Waals surface area contributed by atoms with Gasteiger partial charge in [0, 0.05) is 6.07 Å². The fourth-order valence-electron chi connectivity index (χ4n) is 1.68. The van der Waals surface area contributed by atoms with Crippen LogP contribution < -0.4 is 0 Å². The van der Waals surface area contributed by atoms with Gasteiger partial charge in [-0.25, -0.2) is 4.79 Å². The van der Waals surface area contributed by atoms with Crippen molar-refractivity contribution in [3.63, 3.8) is 0 Å². The Kier molecular flexibility index (Phi) is 3.05. The van der Waals surface area contributed by atoms with Crippen LogP contribution in [-0.2, 0) is 0 Å². The molecule has 2 rings (SSSR count). The molecule has 0 aliphatic heterocycles. The minimum Gasteiger partial charge on any atom is -0.478 e. The van der Waals surface area contributed by atoms with Crippen LogP contribution in [0.25, 0.3) is 11.1 Å². The van der Waals surface area contributed by atoms with E-state index >= 15 is 0 Å². The average molecular weight is 243 g/mol. The summed E-state index contributed by atoms with van der Waals surface area (Å²) in [6.45, 7) is 0. The topological polar surface area (TPSA) is 80.4 Å².